The van der Waals surface area contributed by atoms with Crippen molar-refractivity contribution in [2.75, 3.05) is 13.2 Å². The van der Waals surface area contributed by atoms with Crippen LogP contribution in [-0.2, 0) is 18.7 Å². The molecule has 1 aliphatic heterocycles. The smallest absolute Gasteiger partial charge is 0.192 e. The molecule has 1 saturated heterocycles. The molecule has 2 rings (SSSR count). The third kappa shape index (κ3) is 4.57. The molecule has 0 N–H and O–H groups in total. The van der Waals surface area contributed by atoms with Crippen LogP contribution < -0.4 is 0 Å². The van der Waals surface area contributed by atoms with Gasteiger partial charge in [0.05, 0.1) is 19.3 Å². The number of carbonyl (C=O) groups is 1. The van der Waals surface area contributed by atoms with E-state index in [-0.39, 0.29) is 34.2 Å². The molecule has 0 aromatic heterocycles. The summed E-state index contributed by atoms with van der Waals surface area (Å²) in [6, 6.07) is 0. The standard InChI is InChI=1S/C22H40O4Si/c1-15-17(26-27(9,10)20(2,3)4)11-16(12-23)22(7,8)18(15)19-24-13-21(5,6)14-25-19/h12,16-17,19H,11,13-14H2,1-10H3/t16-,17-/m0/s1. The van der Waals surface area contributed by atoms with Crippen molar-refractivity contribution >= 4 is 14.6 Å². The Morgan fingerprint density at radius 2 is 1.63 bits per heavy atom. The van der Waals surface area contributed by atoms with Gasteiger partial charge in [-0.2, -0.15) is 0 Å². The Morgan fingerprint density at radius 1 is 1.11 bits per heavy atom. The van der Waals surface area contributed by atoms with Crippen LogP contribution in [0.2, 0.25) is 18.1 Å². The molecule has 0 radical (unpaired) electrons. The van der Waals surface area contributed by atoms with Crippen LogP contribution in [0.5, 0.6) is 0 Å². The summed E-state index contributed by atoms with van der Waals surface area (Å²) in [6.45, 7) is 23.3. The van der Waals surface area contributed by atoms with Crippen LogP contribution in [0.15, 0.2) is 11.1 Å². The molecule has 0 amide bonds. The zero-order chi connectivity index (χ0) is 20.8. The summed E-state index contributed by atoms with van der Waals surface area (Å²) in [5, 5.41) is 0.124. The molecular formula is C22H40O4Si. The van der Waals surface area contributed by atoms with Crippen LogP contribution in [0.25, 0.3) is 0 Å². The van der Waals surface area contributed by atoms with Crippen molar-refractivity contribution in [1.82, 2.24) is 0 Å². The summed E-state index contributed by atoms with van der Waals surface area (Å²) < 4.78 is 19.0. The minimum absolute atomic E-state index is 0.0187. The molecule has 0 saturated carbocycles. The molecule has 4 nitrogen and oxygen atoms in total. The van der Waals surface area contributed by atoms with Gasteiger partial charge in [-0.1, -0.05) is 48.5 Å². The van der Waals surface area contributed by atoms with Crippen molar-refractivity contribution in [3.63, 3.8) is 0 Å². The maximum atomic E-state index is 12.0. The molecule has 0 spiro atoms. The van der Waals surface area contributed by atoms with Gasteiger partial charge in [0.1, 0.15) is 6.29 Å². The lowest BCUT2D eigenvalue weighted by Gasteiger charge is -2.49. The van der Waals surface area contributed by atoms with E-state index in [9.17, 15) is 4.79 Å². The molecule has 0 aromatic carbocycles. The van der Waals surface area contributed by atoms with E-state index in [0.29, 0.717) is 13.2 Å². The minimum Gasteiger partial charge on any atom is -0.410 e. The van der Waals surface area contributed by atoms with Gasteiger partial charge in [-0.05, 0) is 42.6 Å². The maximum absolute atomic E-state index is 12.0. The largest absolute Gasteiger partial charge is 0.410 e. The van der Waals surface area contributed by atoms with E-state index in [0.717, 1.165) is 18.3 Å². The van der Waals surface area contributed by atoms with Gasteiger partial charge >= 0.3 is 0 Å². The Kier molecular flexibility index (Phi) is 6.24. The normalized spacial score (nSPS) is 29.7. The average Bonchev–Trinajstić information content (AvgIpc) is 2.50. The van der Waals surface area contributed by atoms with E-state index in [1.165, 1.54) is 5.57 Å². The average molecular weight is 397 g/mol. The van der Waals surface area contributed by atoms with Crippen molar-refractivity contribution in [3.05, 3.63) is 11.1 Å². The topological polar surface area (TPSA) is 44.8 Å². The Bertz CT molecular complexity index is 588. The molecule has 1 aliphatic carbocycles. The van der Waals surface area contributed by atoms with Gasteiger partial charge in [0.2, 0.25) is 0 Å². The fraction of sp³-hybridized carbons (Fsp3) is 0.864. The van der Waals surface area contributed by atoms with Crippen molar-refractivity contribution < 1.29 is 18.7 Å². The predicted molar refractivity (Wildman–Crippen MR) is 112 cm³/mol. The third-order valence-corrected chi connectivity index (χ3v) is 11.4. The minimum atomic E-state index is -1.96. The molecule has 0 aromatic rings. The second-order valence-electron chi connectivity index (χ2n) is 11.3. The van der Waals surface area contributed by atoms with Gasteiger partial charge in [-0.15, -0.1) is 0 Å². The van der Waals surface area contributed by atoms with Crippen LogP contribution in [0, 0.1) is 16.7 Å². The van der Waals surface area contributed by atoms with E-state index in [1.807, 2.05) is 0 Å². The number of hydrogen-bond donors (Lipinski definition) is 0. The first-order valence-corrected chi connectivity index (χ1v) is 13.1. The first-order valence-electron chi connectivity index (χ1n) is 10.2. The highest BCUT2D eigenvalue weighted by atomic mass is 28.4. The van der Waals surface area contributed by atoms with Gasteiger partial charge in [0, 0.05) is 16.7 Å². The zero-order valence-corrected chi connectivity index (χ0v) is 20.1. The Morgan fingerprint density at radius 3 is 2.07 bits per heavy atom. The first-order chi connectivity index (χ1) is 12.1. The van der Waals surface area contributed by atoms with E-state index < -0.39 is 8.32 Å². The highest BCUT2D eigenvalue weighted by Gasteiger charge is 2.49. The van der Waals surface area contributed by atoms with Crippen LogP contribution >= 0.6 is 0 Å². The monoisotopic (exact) mass is 396 g/mol. The van der Waals surface area contributed by atoms with E-state index in [1.54, 1.807) is 0 Å². The summed E-state index contributed by atoms with van der Waals surface area (Å²) in [6.07, 6.45) is 1.39. The summed E-state index contributed by atoms with van der Waals surface area (Å²) in [5.41, 5.74) is 2.01. The lowest BCUT2D eigenvalue weighted by atomic mass is 9.64. The number of ether oxygens (including phenoxy) is 2. The molecule has 5 heteroatoms. The number of hydrogen-bond acceptors (Lipinski definition) is 4. The number of carbonyl (C=O) groups excluding carboxylic acids is 1. The van der Waals surface area contributed by atoms with Gasteiger partial charge in [0.25, 0.3) is 0 Å². The van der Waals surface area contributed by atoms with Crippen LogP contribution in [0.3, 0.4) is 0 Å². The molecule has 2 aliphatic rings. The SMILES string of the molecule is CC1=C(C2OCC(C)(C)CO2)C(C)(C)[C@H](C=O)C[C@@H]1O[Si](C)(C)C(C)(C)C. The lowest BCUT2D eigenvalue weighted by molar-refractivity contribution is -0.211. The third-order valence-electron chi connectivity index (χ3n) is 6.89. The van der Waals surface area contributed by atoms with E-state index in [2.05, 4.69) is 68.5 Å². The van der Waals surface area contributed by atoms with Gasteiger partial charge in [-0.3, -0.25) is 0 Å². The van der Waals surface area contributed by atoms with E-state index in [4.69, 9.17) is 13.9 Å². The van der Waals surface area contributed by atoms with Crippen LogP contribution in [0.1, 0.15) is 61.8 Å². The molecule has 0 unspecified atom stereocenters. The Labute approximate surface area is 167 Å². The quantitative estimate of drug-likeness (QED) is 0.366. The maximum Gasteiger partial charge on any atom is 0.192 e. The number of aldehydes is 1. The summed E-state index contributed by atoms with van der Waals surface area (Å²) in [4.78, 5) is 12.0. The van der Waals surface area contributed by atoms with Crippen molar-refractivity contribution in [2.24, 2.45) is 16.7 Å². The molecular weight excluding hydrogens is 356 g/mol. The highest BCUT2D eigenvalue weighted by Crippen LogP contribution is 2.49. The molecule has 1 heterocycles. The van der Waals surface area contributed by atoms with Crippen LogP contribution in [-0.4, -0.2) is 40.2 Å². The van der Waals surface area contributed by atoms with Gasteiger partial charge in [-0.25, -0.2) is 0 Å². The van der Waals surface area contributed by atoms with Crippen molar-refractivity contribution in [1.29, 1.82) is 0 Å². The Balaban J connectivity index is 2.41. The molecule has 156 valence electrons. The lowest BCUT2D eigenvalue weighted by Crippen LogP contribution is -2.50. The summed E-state index contributed by atoms with van der Waals surface area (Å²) in [5.74, 6) is -0.104. The second kappa shape index (κ2) is 7.40. The van der Waals surface area contributed by atoms with E-state index >= 15 is 0 Å². The second-order valence-corrected chi connectivity index (χ2v) is 16.0. The summed E-state index contributed by atoms with van der Waals surface area (Å²) in [7, 11) is -1.96. The van der Waals surface area contributed by atoms with Gasteiger partial charge < -0.3 is 18.7 Å². The predicted octanol–water partition coefficient (Wildman–Crippen LogP) is 5.34. The Hall–Kier alpha value is -0.493. The fourth-order valence-electron chi connectivity index (χ4n) is 3.83. The van der Waals surface area contributed by atoms with Crippen molar-refractivity contribution in [2.45, 2.75) is 92.3 Å². The molecule has 27 heavy (non-hydrogen) atoms. The van der Waals surface area contributed by atoms with Crippen LogP contribution in [0.4, 0.5) is 0 Å². The van der Waals surface area contributed by atoms with Gasteiger partial charge in [0.15, 0.2) is 14.6 Å². The molecule has 0 bridgehead atoms. The number of rotatable bonds is 4. The summed E-state index contributed by atoms with van der Waals surface area (Å²) >= 11 is 0. The highest BCUT2D eigenvalue weighted by molar-refractivity contribution is 6.74. The first kappa shape index (κ1) is 22.8. The molecule has 1 fully saturated rings. The van der Waals surface area contributed by atoms with Crippen molar-refractivity contribution in [3.8, 4) is 0 Å². The molecule has 2 atom stereocenters. The zero-order valence-electron chi connectivity index (χ0n) is 19.1. The fourth-order valence-corrected chi connectivity index (χ4v) is 5.16.